The molecule has 22 heavy (non-hydrogen) atoms. The van der Waals surface area contributed by atoms with Crippen LogP contribution >= 0.6 is 0 Å². The molecule has 0 unspecified atom stereocenters. The number of anilines is 1. The molecular weight excluding hydrogens is 290 g/mol. The minimum absolute atomic E-state index is 0.114. The Labute approximate surface area is 125 Å². The van der Waals surface area contributed by atoms with Gasteiger partial charge in [0.2, 0.25) is 5.95 Å². The Balaban J connectivity index is 2.16. The van der Waals surface area contributed by atoms with Gasteiger partial charge in [-0.2, -0.15) is 4.68 Å². The quantitative estimate of drug-likeness (QED) is 0.791. The number of allylic oxidation sites excluding steroid dienone is 1. The number of carboxylic acids is 1. The molecule has 1 atom stereocenters. The van der Waals surface area contributed by atoms with Crippen molar-refractivity contribution < 1.29 is 19.4 Å². The zero-order chi connectivity index (χ0) is 15.7. The number of ether oxygens (including phenoxy) is 2. The number of fused-ring (bicyclic) bond motifs is 1. The number of hydrogen-bond acceptors (Lipinski definition) is 8. The van der Waals surface area contributed by atoms with E-state index in [0.717, 1.165) is 0 Å². The van der Waals surface area contributed by atoms with Crippen molar-refractivity contribution in [2.24, 2.45) is 0 Å². The molecule has 3 rings (SSSR count). The van der Waals surface area contributed by atoms with Crippen molar-refractivity contribution in [2.75, 3.05) is 19.5 Å². The van der Waals surface area contributed by atoms with E-state index in [9.17, 15) is 9.90 Å². The summed E-state index contributed by atoms with van der Waals surface area (Å²) in [6.07, 6.45) is 1.45. The van der Waals surface area contributed by atoms with Crippen molar-refractivity contribution in [3.8, 4) is 11.5 Å². The molecule has 1 aliphatic rings. The number of aliphatic carboxylic acids is 1. The van der Waals surface area contributed by atoms with Crippen LogP contribution in [-0.2, 0) is 4.79 Å². The normalized spacial score (nSPS) is 16.3. The highest BCUT2D eigenvalue weighted by Crippen LogP contribution is 2.35. The molecule has 2 heterocycles. The van der Waals surface area contributed by atoms with Crippen molar-refractivity contribution >= 4 is 11.9 Å². The van der Waals surface area contributed by atoms with E-state index < -0.39 is 12.0 Å². The van der Waals surface area contributed by atoms with Gasteiger partial charge in [0.15, 0.2) is 0 Å². The SMILES string of the molecule is COc1ccc(OC)c([C@@H]2C=C(C(=O)[O-])Nc3nnnn32)c1. The van der Waals surface area contributed by atoms with Gasteiger partial charge in [-0.1, -0.05) is 5.10 Å². The first-order valence-electron chi connectivity index (χ1n) is 6.34. The molecule has 1 aromatic heterocycles. The maximum absolute atomic E-state index is 11.2. The summed E-state index contributed by atoms with van der Waals surface area (Å²) in [4.78, 5) is 11.2. The smallest absolute Gasteiger partial charge is 0.248 e. The number of benzene rings is 1. The molecule has 1 N–H and O–H groups in total. The van der Waals surface area contributed by atoms with Gasteiger partial charge in [0, 0.05) is 5.56 Å². The molecule has 9 heteroatoms. The first-order chi connectivity index (χ1) is 10.6. The molecule has 1 aliphatic heterocycles. The minimum Gasteiger partial charge on any atom is -0.543 e. The Kier molecular flexibility index (Phi) is 3.37. The third-order valence-corrected chi connectivity index (χ3v) is 3.30. The monoisotopic (exact) mass is 302 g/mol. The number of tetrazole rings is 1. The van der Waals surface area contributed by atoms with Crippen LogP contribution in [0.1, 0.15) is 11.6 Å². The van der Waals surface area contributed by atoms with E-state index in [0.29, 0.717) is 17.1 Å². The number of nitrogens with one attached hydrogen (secondary N) is 1. The molecule has 2 aromatic rings. The van der Waals surface area contributed by atoms with Crippen LogP contribution in [0.4, 0.5) is 5.95 Å². The lowest BCUT2D eigenvalue weighted by Gasteiger charge is -2.25. The van der Waals surface area contributed by atoms with Crippen LogP contribution in [0.2, 0.25) is 0 Å². The number of carbonyl (C=O) groups is 1. The van der Waals surface area contributed by atoms with E-state index in [1.807, 2.05) is 0 Å². The third-order valence-electron chi connectivity index (χ3n) is 3.30. The predicted molar refractivity (Wildman–Crippen MR) is 72.2 cm³/mol. The van der Waals surface area contributed by atoms with E-state index in [1.165, 1.54) is 17.9 Å². The first kappa shape index (κ1) is 13.9. The second-order valence-corrected chi connectivity index (χ2v) is 4.49. The highest BCUT2D eigenvalue weighted by molar-refractivity contribution is 5.88. The molecule has 0 bridgehead atoms. The van der Waals surface area contributed by atoms with Crippen LogP contribution < -0.4 is 19.9 Å². The van der Waals surface area contributed by atoms with Crippen LogP contribution in [0, 0.1) is 0 Å². The van der Waals surface area contributed by atoms with Crippen molar-refractivity contribution in [3.63, 3.8) is 0 Å². The maximum atomic E-state index is 11.2. The number of nitrogens with zero attached hydrogens (tertiary/aromatic N) is 4. The highest BCUT2D eigenvalue weighted by Gasteiger charge is 2.26. The summed E-state index contributed by atoms with van der Waals surface area (Å²) >= 11 is 0. The molecule has 0 fully saturated rings. The lowest BCUT2D eigenvalue weighted by Crippen LogP contribution is -2.33. The summed E-state index contributed by atoms with van der Waals surface area (Å²) in [6, 6.07) is 4.65. The third kappa shape index (κ3) is 2.22. The molecule has 0 saturated carbocycles. The van der Waals surface area contributed by atoms with Gasteiger partial charge >= 0.3 is 0 Å². The Morgan fingerprint density at radius 3 is 2.86 bits per heavy atom. The number of hydrogen-bond donors (Lipinski definition) is 1. The summed E-state index contributed by atoms with van der Waals surface area (Å²) in [7, 11) is 3.06. The molecule has 0 aliphatic carbocycles. The van der Waals surface area contributed by atoms with Crippen molar-refractivity contribution in [1.82, 2.24) is 20.2 Å². The Morgan fingerprint density at radius 2 is 2.18 bits per heavy atom. The van der Waals surface area contributed by atoms with Crippen LogP contribution in [-0.4, -0.2) is 40.4 Å². The van der Waals surface area contributed by atoms with E-state index in [4.69, 9.17) is 9.47 Å². The fraction of sp³-hybridized carbons (Fsp3) is 0.231. The summed E-state index contributed by atoms with van der Waals surface area (Å²) in [6.45, 7) is 0. The van der Waals surface area contributed by atoms with Crippen LogP contribution in [0.3, 0.4) is 0 Å². The van der Waals surface area contributed by atoms with E-state index in [-0.39, 0.29) is 11.6 Å². The highest BCUT2D eigenvalue weighted by atomic mass is 16.5. The number of carboxylic acid groups (broad SMARTS) is 1. The standard InChI is InChI=1S/C13H13N5O4/c1-21-7-3-4-11(22-2)8(5-7)10-6-9(12(19)20)14-13-15-16-17-18(10)13/h3-6,10H,1-2H3,(H,19,20)(H,14,15,17)/p-1/t10-/m0/s1. The summed E-state index contributed by atoms with van der Waals surface area (Å²) in [5.74, 6) is 0.0214. The summed E-state index contributed by atoms with van der Waals surface area (Å²) in [5.41, 5.74) is 0.549. The van der Waals surface area contributed by atoms with E-state index >= 15 is 0 Å². The Morgan fingerprint density at radius 1 is 1.36 bits per heavy atom. The Hall–Kier alpha value is -3.10. The predicted octanol–water partition coefficient (Wildman–Crippen LogP) is -0.661. The molecular formula is C13H12N5O4-. The fourth-order valence-electron chi connectivity index (χ4n) is 2.27. The number of methoxy groups -OCH3 is 2. The van der Waals surface area contributed by atoms with Crippen LogP contribution in [0.5, 0.6) is 11.5 Å². The van der Waals surface area contributed by atoms with Gasteiger partial charge in [0.05, 0.1) is 25.9 Å². The summed E-state index contributed by atoms with van der Waals surface area (Å²) in [5, 5.41) is 24.9. The van der Waals surface area contributed by atoms with Gasteiger partial charge in [-0.05, 0) is 34.7 Å². The number of carbonyl (C=O) groups excluding carboxylic acids is 1. The van der Waals surface area contributed by atoms with E-state index in [2.05, 4.69) is 20.8 Å². The van der Waals surface area contributed by atoms with Gasteiger partial charge in [0.1, 0.15) is 17.5 Å². The molecule has 0 amide bonds. The minimum atomic E-state index is -1.35. The van der Waals surface area contributed by atoms with Crippen LogP contribution in [0.25, 0.3) is 0 Å². The van der Waals surface area contributed by atoms with Crippen LogP contribution in [0.15, 0.2) is 30.0 Å². The second kappa shape index (κ2) is 5.35. The average molecular weight is 302 g/mol. The second-order valence-electron chi connectivity index (χ2n) is 4.49. The zero-order valence-electron chi connectivity index (χ0n) is 11.8. The maximum Gasteiger partial charge on any atom is 0.248 e. The molecule has 0 spiro atoms. The van der Waals surface area contributed by atoms with Gasteiger partial charge in [-0.15, -0.1) is 0 Å². The van der Waals surface area contributed by atoms with E-state index in [1.54, 1.807) is 25.3 Å². The average Bonchev–Trinajstić information content (AvgIpc) is 3.01. The fourth-order valence-corrected chi connectivity index (χ4v) is 2.27. The lowest BCUT2D eigenvalue weighted by atomic mass is 10.0. The van der Waals surface area contributed by atoms with Crippen molar-refractivity contribution in [3.05, 3.63) is 35.5 Å². The van der Waals surface area contributed by atoms with Crippen molar-refractivity contribution in [2.45, 2.75) is 6.04 Å². The largest absolute Gasteiger partial charge is 0.543 e. The molecule has 0 radical (unpaired) electrons. The number of rotatable bonds is 4. The van der Waals surface area contributed by atoms with Gasteiger partial charge < -0.3 is 24.7 Å². The van der Waals surface area contributed by atoms with Gasteiger partial charge in [0.25, 0.3) is 0 Å². The zero-order valence-corrected chi connectivity index (χ0v) is 11.8. The summed E-state index contributed by atoms with van der Waals surface area (Å²) < 4.78 is 12.0. The lowest BCUT2D eigenvalue weighted by molar-refractivity contribution is -0.299. The van der Waals surface area contributed by atoms with Crippen molar-refractivity contribution in [1.29, 1.82) is 0 Å². The topological polar surface area (TPSA) is 114 Å². The van der Waals surface area contributed by atoms with Gasteiger partial charge in [-0.25, -0.2) is 0 Å². The molecule has 114 valence electrons. The molecule has 9 nitrogen and oxygen atoms in total. The first-order valence-corrected chi connectivity index (χ1v) is 6.34. The molecule has 0 saturated heterocycles. The Bertz CT molecular complexity index is 755. The van der Waals surface area contributed by atoms with Gasteiger partial charge in [-0.3, -0.25) is 0 Å². The number of aromatic nitrogens is 4. The molecule has 1 aromatic carbocycles.